The molecule has 0 aromatic heterocycles. The lowest BCUT2D eigenvalue weighted by Crippen LogP contribution is -2.44. The highest BCUT2D eigenvalue weighted by Gasteiger charge is 2.48. The Balaban J connectivity index is 0.000000171. The lowest BCUT2D eigenvalue weighted by atomic mass is 9.92. The first-order valence-electron chi connectivity index (χ1n) is 29.7. The molecule has 7 aromatic carbocycles. The van der Waals surface area contributed by atoms with Crippen molar-refractivity contribution in [3.63, 3.8) is 0 Å². The molecule has 1 unspecified atom stereocenters. The number of amides is 6. The van der Waals surface area contributed by atoms with E-state index in [1.54, 1.807) is 65.8 Å². The highest BCUT2D eigenvalue weighted by atomic mass is 16.6. The number of hydrogen-bond donors (Lipinski definition) is 0. The van der Waals surface area contributed by atoms with Crippen LogP contribution in [0.5, 0.6) is 0 Å². The van der Waals surface area contributed by atoms with Gasteiger partial charge in [-0.2, -0.15) is 0 Å². The molecule has 3 fully saturated rings. The number of ether oxygens (including phenoxy) is 3. The fourth-order valence-corrected chi connectivity index (χ4v) is 10.8. The molecule has 3 heterocycles. The summed E-state index contributed by atoms with van der Waals surface area (Å²) in [5, 5.41) is 0. The predicted octanol–water partition coefficient (Wildman–Crippen LogP) is 15.7. The molecule has 0 N–H and O–H groups in total. The quantitative estimate of drug-likeness (QED) is 0.0528. The smallest absolute Gasteiger partial charge is 0.417 e. The summed E-state index contributed by atoms with van der Waals surface area (Å²) in [6, 6.07) is 62.9. The summed E-state index contributed by atoms with van der Waals surface area (Å²) in [5.74, 6) is -2.14. The first-order chi connectivity index (χ1) is 41.3. The normalized spacial score (nSPS) is 17.6. The van der Waals surface area contributed by atoms with Crippen molar-refractivity contribution in [3.8, 4) is 33.4 Å². The summed E-state index contributed by atoms with van der Waals surface area (Å²) in [5.41, 5.74) is 8.90. The molecular weight excluding hydrogens is 1090 g/mol. The SMILES string of the molecule is C=C1C[C@@H](Cc2ccc(-c3ccccc3)cc2)N(C(=O)OC(C)(C)C)C1=O.CC(C)(C)OC(=O)N1C(=O)C(C(=O)c2ccccc2)C[C@H]1Cc1ccc(-c2ccccc2)cc1.CC(C)(C)OC(=O)N1C(=O)CC[C@H]1Cc1ccc(-c2ccccc2)cc1. The lowest BCUT2D eigenvalue weighted by Gasteiger charge is -2.27. The monoisotopic (exact) mass is 1170 g/mol. The Morgan fingerprint density at radius 3 is 1.15 bits per heavy atom. The van der Waals surface area contributed by atoms with Gasteiger partial charge in [0.25, 0.3) is 5.91 Å². The van der Waals surface area contributed by atoms with Gasteiger partial charge in [-0.3, -0.25) is 19.2 Å². The fourth-order valence-electron chi connectivity index (χ4n) is 10.8. The zero-order valence-corrected chi connectivity index (χ0v) is 51.4. The average molecular weight is 1170 g/mol. The number of ketones is 1. The topological polar surface area (TPSA) is 157 Å². The van der Waals surface area contributed by atoms with Crippen LogP contribution >= 0.6 is 0 Å². The Morgan fingerprint density at radius 2 is 0.759 bits per heavy atom. The van der Waals surface area contributed by atoms with Gasteiger partial charge in [0.1, 0.15) is 22.7 Å². The van der Waals surface area contributed by atoms with E-state index in [2.05, 4.69) is 79.4 Å². The Hall–Kier alpha value is -9.23. The zero-order valence-electron chi connectivity index (χ0n) is 51.4. The molecule has 87 heavy (non-hydrogen) atoms. The summed E-state index contributed by atoms with van der Waals surface area (Å²) in [7, 11) is 0. The van der Waals surface area contributed by atoms with Crippen molar-refractivity contribution in [2.75, 3.05) is 0 Å². The van der Waals surface area contributed by atoms with Crippen LogP contribution in [0, 0.1) is 5.92 Å². The molecule has 0 radical (unpaired) electrons. The summed E-state index contributed by atoms with van der Waals surface area (Å²) < 4.78 is 16.3. The number of Topliss-reactive ketones (excluding diaryl/α,β-unsaturated/α-hetero) is 1. The van der Waals surface area contributed by atoms with E-state index in [-0.39, 0.29) is 36.1 Å². The highest BCUT2D eigenvalue weighted by molar-refractivity contribution is 6.14. The van der Waals surface area contributed by atoms with Crippen LogP contribution in [0.25, 0.3) is 33.4 Å². The van der Waals surface area contributed by atoms with Crippen LogP contribution in [-0.4, -0.2) is 91.4 Å². The van der Waals surface area contributed by atoms with Crippen molar-refractivity contribution in [1.82, 2.24) is 14.7 Å². The number of benzene rings is 7. The number of rotatable bonds is 11. The minimum atomic E-state index is -0.900. The van der Waals surface area contributed by atoms with Crippen LogP contribution in [0.1, 0.15) is 115 Å². The second-order valence-corrected chi connectivity index (χ2v) is 25.2. The number of likely N-dealkylation sites (tertiary alicyclic amines) is 3. The molecule has 450 valence electrons. The molecule has 0 bridgehead atoms. The maximum Gasteiger partial charge on any atom is 0.417 e. The number of carbonyl (C=O) groups excluding carboxylic acids is 7. The molecule has 3 saturated heterocycles. The summed E-state index contributed by atoms with van der Waals surface area (Å²) in [6.07, 6.45) is 1.67. The van der Waals surface area contributed by atoms with E-state index < -0.39 is 52.9 Å². The maximum absolute atomic E-state index is 13.3. The van der Waals surface area contributed by atoms with E-state index in [1.165, 1.54) is 15.4 Å². The Morgan fingerprint density at radius 1 is 0.425 bits per heavy atom. The van der Waals surface area contributed by atoms with E-state index in [9.17, 15) is 33.6 Å². The van der Waals surface area contributed by atoms with Crippen LogP contribution in [0.2, 0.25) is 0 Å². The zero-order chi connectivity index (χ0) is 62.6. The third kappa shape index (κ3) is 17.5. The molecule has 4 atom stereocenters. The van der Waals surface area contributed by atoms with Crippen LogP contribution in [-0.2, 0) is 47.9 Å². The summed E-state index contributed by atoms with van der Waals surface area (Å²) >= 11 is 0. The molecule has 0 spiro atoms. The largest absolute Gasteiger partial charge is 0.443 e. The molecule has 13 heteroatoms. The second-order valence-electron chi connectivity index (χ2n) is 25.2. The molecule has 10 rings (SSSR count). The van der Waals surface area contributed by atoms with Gasteiger partial charge < -0.3 is 14.2 Å². The Labute approximate surface area is 512 Å². The molecule has 7 aromatic rings. The predicted molar refractivity (Wildman–Crippen MR) is 339 cm³/mol. The van der Waals surface area contributed by atoms with Crippen LogP contribution in [0.3, 0.4) is 0 Å². The van der Waals surface area contributed by atoms with E-state index in [4.69, 9.17) is 14.2 Å². The molecule has 3 aliphatic heterocycles. The fraction of sp³-hybridized carbons (Fsp3) is 0.311. The van der Waals surface area contributed by atoms with Crippen molar-refractivity contribution in [2.45, 2.75) is 142 Å². The number of nitrogens with zero attached hydrogens (tertiary/aromatic N) is 3. The molecule has 0 aliphatic carbocycles. The van der Waals surface area contributed by atoms with Crippen molar-refractivity contribution < 1.29 is 47.8 Å². The summed E-state index contributed by atoms with van der Waals surface area (Å²) in [4.78, 5) is 92.5. The second kappa shape index (κ2) is 27.9. The highest BCUT2D eigenvalue weighted by Crippen LogP contribution is 2.34. The Bertz CT molecular complexity index is 3530. The molecule has 6 amide bonds. The van der Waals surface area contributed by atoms with E-state index in [0.717, 1.165) is 49.4 Å². The van der Waals surface area contributed by atoms with Gasteiger partial charge in [-0.25, -0.2) is 29.1 Å². The molecular formula is C74H79N3O10. The van der Waals surface area contributed by atoms with Gasteiger partial charge in [0.05, 0.1) is 6.04 Å². The molecule has 13 nitrogen and oxygen atoms in total. The lowest BCUT2D eigenvalue weighted by molar-refractivity contribution is -0.130. The van der Waals surface area contributed by atoms with Gasteiger partial charge in [0.2, 0.25) is 11.8 Å². The van der Waals surface area contributed by atoms with Crippen LogP contribution < -0.4 is 0 Å². The van der Waals surface area contributed by atoms with Crippen molar-refractivity contribution in [1.29, 1.82) is 0 Å². The van der Waals surface area contributed by atoms with Crippen molar-refractivity contribution in [3.05, 3.63) is 229 Å². The number of carbonyl (C=O) groups is 7. The third-order valence-corrected chi connectivity index (χ3v) is 14.8. The minimum absolute atomic E-state index is 0.139. The average Bonchev–Trinajstić information content (AvgIpc) is 2.06. The van der Waals surface area contributed by atoms with Gasteiger partial charge in [-0.05, 0) is 151 Å². The van der Waals surface area contributed by atoms with Gasteiger partial charge in [0.15, 0.2) is 5.78 Å². The third-order valence-electron chi connectivity index (χ3n) is 14.8. The molecule has 0 saturated carbocycles. The van der Waals surface area contributed by atoms with Crippen LogP contribution in [0.4, 0.5) is 14.4 Å². The van der Waals surface area contributed by atoms with Gasteiger partial charge >= 0.3 is 18.3 Å². The van der Waals surface area contributed by atoms with Crippen LogP contribution in [0.15, 0.2) is 206 Å². The van der Waals surface area contributed by atoms with Gasteiger partial charge in [0, 0.05) is 29.6 Å². The first-order valence-corrected chi connectivity index (χ1v) is 29.7. The van der Waals surface area contributed by atoms with Gasteiger partial charge in [-0.1, -0.05) is 201 Å². The summed E-state index contributed by atoms with van der Waals surface area (Å²) in [6.45, 7) is 19.9. The number of imide groups is 3. The Kier molecular flexibility index (Phi) is 20.4. The van der Waals surface area contributed by atoms with E-state index >= 15 is 0 Å². The van der Waals surface area contributed by atoms with Crippen molar-refractivity contribution >= 4 is 41.8 Å². The standard InChI is InChI=1S/C29H29NO4.C23H25NO3.C22H25NO3/c1-29(2,3)34-28(33)30-24(19-25(27(30)32)26(31)23-12-8-5-9-13-23)18-20-14-16-22(17-15-20)21-10-6-4-7-11-21;1-16-14-20(24(21(16)25)22(26)27-23(2,3)4)15-17-10-12-19(13-11-17)18-8-6-5-7-9-18;1-22(2,3)26-21(25)23-19(13-14-20(23)24)15-16-9-11-18(12-10-16)17-7-5-4-6-8-17/h4-17,24-25H,18-19H2,1-3H3;5-13,20H,1,14-15H2,2-4H3;4-12,19H,13-15H2,1-3H3/t24-,25?;20-;19-/m100/s1. The minimum Gasteiger partial charge on any atom is -0.443 e. The van der Waals surface area contributed by atoms with Gasteiger partial charge in [-0.15, -0.1) is 0 Å². The number of hydrogen-bond acceptors (Lipinski definition) is 10. The molecule has 3 aliphatic rings. The maximum atomic E-state index is 13.3. The van der Waals surface area contributed by atoms with Crippen molar-refractivity contribution in [2.24, 2.45) is 5.92 Å². The first kappa shape index (κ1) is 63.8. The van der Waals surface area contributed by atoms with E-state index in [1.807, 2.05) is 118 Å². The van der Waals surface area contributed by atoms with E-state index in [0.29, 0.717) is 49.7 Å².